The second-order valence-corrected chi connectivity index (χ2v) is 7.08. The van der Waals surface area contributed by atoms with Crippen LogP contribution in [-0.2, 0) is 0 Å². The largest absolute Gasteiger partial charge is 0.368 e. The number of carbonyl (C=O) groups excluding carboxylic acids is 1. The minimum Gasteiger partial charge on any atom is -0.368 e. The van der Waals surface area contributed by atoms with Crippen LogP contribution in [-0.4, -0.2) is 37.0 Å². The highest BCUT2D eigenvalue weighted by Crippen LogP contribution is 2.23. The number of para-hydroxylation sites is 1. The summed E-state index contributed by atoms with van der Waals surface area (Å²) in [5.74, 6) is 0.155. The van der Waals surface area contributed by atoms with E-state index < -0.39 is 0 Å². The molecule has 3 nitrogen and oxygen atoms in total. The molecule has 4 heteroatoms. The Labute approximate surface area is 151 Å². The fourth-order valence-corrected chi connectivity index (χ4v) is 3.64. The average Bonchev–Trinajstić information content (AvgIpc) is 2.57. The Kier molecular flexibility index (Phi) is 4.90. The summed E-state index contributed by atoms with van der Waals surface area (Å²) in [5.41, 5.74) is 4.56. The molecule has 120 valence electrons. The van der Waals surface area contributed by atoms with Crippen molar-refractivity contribution in [2.24, 2.45) is 0 Å². The van der Waals surface area contributed by atoms with Crippen LogP contribution in [0, 0.1) is 17.4 Å². The third kappa shape index (κ3) is 3.37. The highest BCUT2D eigenvalue weighted by Gasteiger charge is 2.24. The summed E-state index contributed by atoms with van der Waals surface area (Å²) < 4.78 is 1.07. The van der Waals surface area contributed by atoms with Crippen LogP contribution in [0.3, 0.4) is 0 Å². The van der Waals surface area contributed by atoms with Gasteiger partial charge in [0.05, 0.1) is 5.56 Å². The lowest BCUT2D eigenvalue weighted by Gasteiger charge is -2.37. The quantitative estimate of drug-likeness (QED) is 0.689. The van der Waals surface area contributed by atoms with E-state index in [1.807, 2.05) is 17.0 Å². The summed E-state index contributed by atoms with van der Waals surface area (Å²) in [7, 11) is 0. The van der Waals surface area contributed by atoms with E-state index in [0.29, 0.717) is 0 Å². The molecule has 1 aliphatic rings. The standard InChI is InChI=1S/C19H21IN2O/c1-14-6-3-4-9-17(14)21-10-12-22(13-11-21)19(23)16-8-5-7-15(2)18(16)20/h3-9H,10-13H2,1-2H3. The minimum absolute atomic E-state index is 0.155. The number of amides is 1. The van der Waals surface area contributed by atoms with Crippen LogP contribution < -0.4 is 4.90 Å². The van der Waals surface area contributed by atoms with Gasteiger partial charge in [-0.25, -0.2) is 0 Å². The van der Waals surface area contributed by atoms with Gasteiger partial charge in [0.15, 0.2) is 0 Å². The molecule has 0 atom stereocenters. The Morgan fingerprint density at radius 1 is 0.913 bits per heavy atom. The fraction of sp³-hybridized carbons (Fsp3) is 0.316. The first-order chi connectivity index (χ1) is 11.1. The first-order valence-corrected chi connectivity index (χ1v) is 9.01. The zero-order valence-corrected chi connectivity index (χ0v) is 15.7. The van der Waals surface area contributed by atoms with E-state index in [9.17, 15) is 4.79 Å². The molecule has 0 bridgehead atoms. The molecule has 0 spiro atoms. The molecule has 3 rings (SSSR count). The highest BCUT2D eigenvalue weighted by molar-refractivity contribution is 14.1. The van der Waals surface area contributed by atoms with E-state index in [0.717, 1.165) is 40.9 Å². The summed E-state index contributed by atoms with van der Waals surface area (Å²) in [5, 5.41) is 0. The zero-order valence-electron chi connectivity index (χ0n) is 13.6. The van der Waals surface area contributed by atoms with Crippen molar-refractivity contribution < 1.29 is 4.79 Å². The number of hydrogen-bond donors (Lipinski definition) is 0. The van der Waals surface area contributed by atoms with Gasteiger partial charge in [0.1, 0.15) is 0 Å². The molecule has 23 heavy (non-hydrogen) atoms. The maximum absolute atomic E-state index is 12.8. The summed E-state index contributed by atoms with van der Waals surface area (Å²) in [4.78, 5) is 17.1. The third-order valence-corrected chi connectivity index (χ3v) is 5.88. The number of rotatable bonds is 2. The Morgan fingerprint density at radius 3 is 2.26 bits per heavy atom. The lowest BCUT2D eigenvalue weighted by molar-refractivity contribution is 0.0745. The smallest absolute Gasteiger partial charge is 0.255 e. The van der Waals surface area contributed by atoms with Crippen molar-refractivity contribution in [1.82, 2.24) is 4.90 Å². The number of carbonyl (C=O) groups is 1. The monoisotopic (exact) mass is 420 g/mol. The molecule has 1 aliphatic heterocycles. The van der Waals surface area contributed by atoms with Crippen molar-refractivity contribution in [2.75, 3.05) is 31.1 Å². The van der Waals surface area contributed by atoms with Crippen LogP contribution in [0.2, 0.25) is 0 Å². The van der Waals surface area contributed by atoms with Gasteiger partial charge >= 0.3 is 0 Å². The van der Waals surface area contributed by atoms with Crippen LogP contribution in [0.15, 0.2) is 42.5 Å². The van der Waals surface area contributed by atoms with E-state index in [1.54, 1.807) is 0 Å². The van der Waals surface area contributed by atoms with E-state index in [1.165, 1.54) is 11.3 Å². The predicted octanol–water partition coefficient (Wildman–Crippen LogP) is 3.87. The van der Waals surface area contributed by atoms with Gasteiger partial charge in [-0.05, 0) is 59.7 Å². The van der Waals surface area contributed by atoms with Gasteiger partial charge in [-0.3, -0.25) is 4.79 Å². The SMILES string of the molecule is Cc1ccccc1N1CCN(C(=O)c2cccc(C)c2I)CC1. The summed E-state index contributed by atoms with van der Waals surface area (Å²) in [6, 6.07) is 14.4. The second kappa shape index (κ2) is 6.91. The van der Waals surface area contributed by atoms with Gasteiger partial charge in [0.2, 0.25) is 0 Å². The van der Waals surface area contributed by atoms with E-state index in [2.05, 4.69) is 71.7 Å². The normalized spacial score (nSPS) is 14.9. The Bertz CT molecular complexity index is 721. The molecular formula is C19H21IN2O. The Hall–Kier alpha value is -1.56. The number of benzene rings is 2. The molecule has 1 heterocycles. The van der Waals surface area contributed by atoms with Crippen molar-refractivity contribution in [3.05, 3.63) is 62.7 Å². The van der Waals surface area contributed by atoms with Gasteiger partial charge in [-0.15, -0.1) is 0 Å². The van der Waals surface area contributed by atoms with Gasteiger partial charge < -0.3 is 9.80 Å². The molecule has 1 fully saturated rings. The predicted molar refractivity (Wildman–Crippen MR) is 103 cm³/mol. The first kappa shape index (κ1) is 16.3. The molecule has 2 aromatic rings. The van der Waals surface area contributed by atoms with E-state index in [-0.39, 0.29) is 5.91 Å². The summed E-state index contributed by atoms with van der Waals surface area (Å²) >= 11 is 2.28. The maximum atomic E-state index is 12.8. The molecule has 0 aliphatic carbocycles. The molecule has 0 saturated carbocycles. The number of aryl methyl sites for hydroxylation is 2. The number of hydrogen-bond acceptors (Lipinski definition) is 2. The zero-order chi connectivity index (χ0) is 16.4. The number of nitrogens with zero attached hydrogens (tertiary/aromatic N) is 2. The summed E-state index contributed by atoms with van der Waals surface area (Å²) in [6.07, 6.45) is 0. The number of anilines is 1. The maximum Gasteiger partial charge on any atom is 0.255 e. The van der Waals surface area contributed by atoms with Crippen molar-refractivity contribution in [2.45, 2.75) is 13.8 Å². The first-order valence-electron chi connectivity index (χ1n) is 7.93. The fourth-order valence-electron chi connectivity index (χ4n) is 3.05. The molecule has 0 N–H and O–H groups in total. The molecular weight excluding hydrogens is 399 g/mol. The minimum atomic E-state index is 0.155. The van der Waals surface area contributed by atoms with Crippen molar-refractivity contribution >= 4 is 34.2 Å². The average molecular weight is 420 g/mol. The summed E-state index contributed by atoms with van der Waals surface area (Å²) in [6.45, 7) is 7.52. The van der Waals surface area contributed by atoms with Crippen LogP contribution in [0.1, 0.15) is 21.5 Å². The van der Waals surface area contributed by atoms with Gasteiger partial charge in [0.25, 0.3) is 5.91 Å². The lowest BCUT2D eigenvalue weighted by atomic mass is 10.1. The van der Waals surface area contributed by atoms with E-state index in [4.69, 9.17) is 0 Å². The second-order valence-electron chi connectivity index (χ2n) is 6.00. The number of halogens is 1. The highest BCUT2D eigenvalue weighted by atomic mass is 127. The molecule has 0 radical (unpaired) electrons. The molecule has 0 unspecified atom stereocenters. The van der Waals surface area contributed by atoms with Crippen LogP contribution >= 0.6 is 22.6 Å². The lowest BCUT2D eigenvalue weighted by Crippen LogP contribution is -2.49. The van der Waals surface area contributed by atoms with Gasteiger partial charge in [-0.1, -0.05) is 30.3 Å². The van der Waals surface area contributed by atoms with Crippen molar-refractivity contribution in [3.63, 3.8) is 0 Å². The topological polar surface area (TPSA) is 23.6 Å². The van der Waals surface area contributed by atoms with Crippen LogP contribution in [0.25, 0.3) is 0 Å². The molecule has 1 amide bonds. The molecule has 1 saturated heterocycles. The molecule has 0 aromatic heterocycles. The van der Waals surface area contributed by atoms with Crippen LogP contribution in [0.5, 0.6) is 0 Å². The Balaban J connectivity index is 1.71. The van der Waals surface area contributed by atoms with Crippen LogP contribution in [0.4, 0.5) is 5.69 Å². The molecule has 2 aromatic carbocycles. The van der Waals surface area contributed by atoms with Gasteiger partial charge in [0, 0.05) is 35.4 Å². The third-order valence-electron chi connectivity index (χ3n) is 4.45. The van der Waals surface area contributed by atoms with Crippen molar-refractivity contribution in [1.29, 1.82) is 0 Å². The van der Waals surface area contributed by atoms with Crippen molar-refractivity contribution in [3.8, 4) is 0 Å². The van der Waals surface area contributed by atoms with Gasteiger partial charge in [-0.2, -0.15) is 0 Å². The van der Waals surface area contributed by atoms with E-state index >= 15 is 0 Å². The Morgan fingerprint density at radius 2 is 1.57 bits per heavy atom. The number of piperazine rings is 1.